The molecule has 2 aromatic heterocycles. The fourth-order valence-electron chi connectivity index (χ4n) is 2.92. The van der Waals surface area contributed by atoms with Crippen molar-refractivity contribution in [3.63, 3.8) is 0 Å². The SMILES string of the molecule is CN=C(NCCc1csc(N2CCCC2)n1)NCC(C)c1cccs1.I. The van der Waals surface area contributed by atoms with E-state index in [1.807, 2.05) is 7.05 Å². The number of thiazole rings is 1. The van der Waals surface area contributed by atoms with Gasteiger partial charge in [0.05, 0.1) is 5.69 Å². The number of rotatable bonds is 7. The molecular formula is C18H28IN5S2. The molecule has 0 bridgehead atoms. The van der Waals surface area contributed by atoms with Crippen LogP contribution in [-0.2, 0) is 6.42 Å². The Labute approximate surface area is 181 Å². The number of hydrogen-bond donors (Lipinski definition) is 2. The van der Waals surface area contributed by atoms with Crippen LogP contribution < -0.4 is 15.5 Å². The van der Waals surface area contributed by atoms with E-state index in [0.29, 0.717) is 5.92 Å². The third-order valence-electron chi connectivity index (χ3n) is 4.42. The summed E-state index contributed by atoms with van der Waals surface area (Å²) < 4.78 is 0. The van der Waals surface area contributed by atoms with Gasteiger partial charge in [-0.1, -0.05) is 13.0 Å². The lowest BCUT2D eigenvalue weighted by Crippen LogP contribution is -2.39. The Hall–Kier alpha value is -0.870. The van der Waals surface area contributed by atoms with Gasteiger partial charge in [-0.15, -0.1) is 46.7 Å². The molecule has 5 nitrogen and oxygen atoms in total. The first-order chi connectivity index (χ1) is 12.3. The van der Waals surface area contributed by atoms with Crippen LogP contribution in [0, 0.1) is 0 Å². The molecule has 0 spiro atoms. The van der Waals surface area contributed by atoms with E-state index in [1.165, 1.54) is 28.5 Å². The van der Waals surface area contributed by atoms with E-state index in [-0.39, 0.29) is 24.0 Å². The monoisotopic (exact) mass is 505 g/mol. The van der Waals surface area contributed by atoms with Crippen molar-refractivity contribution < 1.29 is 0 Å². The summed E-state index contributed by atoms with van der Waals surface area (Å²) in [7, 11) is 1.82. The summed E-state index contributed by atoms with van der Waals surface area (Å²) in [5, 5.41) is 12.3. The molecule has 1 saturated heterocycles. The summed E-state index contributed by atoms with van der Waals surface area (Å²) in [6, 6.07) is 4.29. The van der Waals surface area contributed by atoms with Crippen LogP contribution >= 0.6 is 46.7 Å². The number of aromatic nitrogens is 1. The number of aliphatic imine (C=N–C) groups is 1. The Balaban J connectivity index is 0.00000243. The average molecular weight is 505 g/mol. The molecule has 1 fully saturated rings. The minimum Gasteiger partial charge on any atom is -0.356 e. The molecule has 1 unspecified atom stereocenters. The number of nitrogens with zero attached hydrogens (tertiary/aromatic N) is 3. The van der Waals surface area contributed by atoms with Crippen LogP contribution in [0.2, 0.25) is 0 Å². The van der Waals surface area contributed by atoms with Crippen LogP contribution in [0.4, 0.5) is 5.13 Å². The Morgan fingerprint density at radius 2 is 2.12 bits per heavy atom. The van der Waals surface area contributed by atoms with Crippen LogP contribution in [0.3, 0.4) is 0 Å². The fourth-order valence-corrected chi connectivity index (χ4v) is 4.62. The molecule has 8 heteroatoms. The van der Waals surface area contributed by atoms with Gasteiger partial charge in [0.15, 0.2) is 11.1 Å². The minimum atomic E-state index is 0. The molecule has 2 aromatic rings. The van der Waals surface area contributed by atoms with Gasteiger partial charge >= 0.3 is 0 Å². The van der Waals surface area contributed by atoms with Crippen LogP contribution in [0.15, 0.2) is 27.9 Å². The van der Waals surface area contributed by atoms with E-state index in [0.717, 1.165) is 38.6 Å². The molecule has 0 aromatic carbocycles. The van der Waals surface area contributed by atoms with Gasteiger partial charge < -0.3 is 15.5 Å². The molecule has 0 radical (unpaired) electrons. The Morgan fingerprint density at radius 3 is 2.81 bits per heavy atom. The second-order valence-electron chi connectivity index (χ2n) is 6.36. The van der Waals surface area contributed by atoms with Crippen molar-refractivity contribution in [3.8, 4) is 0 Å². The van der Waals surface area contributed by atoms with Gasteiger partial charge in [0.25, 0.3) is 0 Å². The van der Waals surface area contributed by atoms with Crippen molar-refractivity contribution in [2.24, 2.45) is 4.99 Å². The molecule has 0 amide bonds. The van der Waals surface area contributed by atoms with Crippen molar-refractivity contribution in [1.29, 1.82) is 0 Å². The smallest absolute Gasteiger partial charge is 0.191 e. The number of anilines is 1. The van der Waals surface area contributed by atoms with Gasteiger partial charge in [-0.05, 0) is 24.3 Å². The van der Waals surface area contributed by atoms with Crippen molar-refractivity contribution >= 4 is 57.7 Å². The number of hydrogen-bond acceptors (Lipinski definition) is 5. The lowest BCUT2D eigenvalue weighted by molar-refractivity contribution is 0.705. The first-order valence-corrected chi connectivity index (χ1v) is 10.7. The van der Waals surface area contributed by atoms with E-state index >= 15 is 0 Å². The van der Waals surface area contributed by atoms with Crippen LogP contribution in [0.1, 0.15) is 36.3 Å². The quantitative estimate of drug-likeness (QED) is 0.340. The summed E-state index contributed by atoms with van der Waals surface area (Å²) >= 11 is 3.57. The second-order valence-corrected chi connectivity index (χ2v) is 8.18. The third-order valence-corrected chi connectivity index (χ3v) is 6.47. The lowest BCUT2D eigenvalue weighted by atomic mass is 10.1. The molecule has 1 aliphatic heterocycles. The Bertz CT molecular complexity index is 665. The number of nitrogens with one attached hydrogen (secondary N) is 2. The first kappa shape index (κ1) is 21.4. The number of guanidine groups is 1. The number of thiophene rings is 1. The van der Waals surface area contributed by atoms with Crippen molar-refractivity contribution in [3.05, 3.63) is 33.5 Å². The van der Waals surface area contributed by atoms with E-state index in [9.17, 15) is 0 Å². The summed E-state index contributed by atoms with van der Waals surface area (Å²) in [5.41, 5.74) is 1.17. The third kappa shape index (κ3) is 6.09. The zero-order valence-corrected chi connectivity index (χ0v) is 19.4. The topological polar surface area (TPSA) is 52.6 Å². The maximum Gasteiger partial charge on any atom is 0.191 e. The molecule has 3 heterocycles. The van der Waals surface area contributed by atoms with Crippen molar-refractivity contribution in [1.82, 2.24) is 15.6 Å². The highest BCUT2D eigenvalue weighted by atomic mass is 127. The minimum absolute atomic E-state index is 0. The van der Waals surface area contributed by atoms with Gasteiger partial charge in [0.1, 0.15) is 0 Å². The normalized spacial score (nSPS) is 15.6. The maximum absolute atomic E-state index is 4.77. The highest BCUT2D eigenvalue weighted by molar-refractivity contribution is 14.0. The molecule has 3 rings (SSSR count). The molecular weight excluding hydrogens is 477 g/mol. The molecule has 0 saturated carbocycles. The molecule has 0 aliphatic carbocycles. The standard InChI is InChI=1S/C18H27N5S2.HI/c1-14(16-6-5-11-24-16)12-21-17(19-2)20-8-7-15-13-25-18(22-15)23-9-3-4-10-23;/h5-6,11,13-14H,3-4,7-10,12H2,1-2H3,(H2,19,20,21);1H. The largest absolute Gasteiger partial charge is 0.356 e. The fraction of sp³-hybridized carbons (Fsp3) is 0.556. The average Bonchev–Trinajstić information content (AvgIpc) is 3.39. The predicted octanol–water partition coefficient (Wildman–Crippen LogP) is 3.93. The molecule has 1 atom stereocenters. The maximum atomic E-state index is 4.77. The first-order valence-electron chi connectivity index (χ1n) is 8.93. The van der Waals surface area contributed by atoms with Gasteiger partial charge in [0, 0.05) is 55.8 Å². The molecule has 26 heavy (non-hydrogen) atoms. The highest BCUT2D eigenvalue weighted by Gasteiger charge is 2.15. The van der Waals surface area contributed by atoms with Gasteiger partial charge in [-0.25, -0.2) is 4.98 Å². The summed E-state index contributed by atoms with van der Waals surface area (Å²) in [6.45, 7) is 6.28. The van der Waals surface area contributed by atoms with Gasteiger partial charge in [-0.3, -0.25) is 4.99 Å². The predicted molar refractivity (Wildman–Crippen MR) is 125 cm³/mol. The van der Waals surface area contributed by atoms with E-state index < -0.39 is 0 Å². The molecule has 2 N–H and O–H groups in total. The molecule has 1 aliphatic rings. The van der Waals surface area contributed by atoms with Gasteiger partial charge in [-0.2, -0.15) is 0 Å². The van der Waals surface area contributed by atoms with Gasteiger partial charge in [0.2, 0.25) is 0 Å². The second kappa shape index (κ2) is 11.1. The van der Waals surface area contributed by atoms with Crippen molar-refractivity contribution in [2.75, 3.05) is 38.1 Å². The number of halogens is 1. The lowest BCUT2D eigenvalue weighted by Gasteiger charge is -2.15. The summed E-state index contributed by atoms with van der Waals surface area (Å²) in [4.78, 5) is 12.9. The Morgan fingerprint density at radius 1 is 1.31 bits per heavy atom. The Kier molecular flexibility index (Phi) is 9.13. The van der Waals surface area contributed by atoms with E-state index in [2.05, 4.69) is 50.3 Å². The van der Waals surface area contributed by atoms with Crippen LogP contribution in [0.5, 0.6) is 0 Å². The van der Waals surface area contributed by atoms with Crippen LogP contribution in [0.25, 0.3) is 0 Å². The van der Waals surface area contributed by atoms with Crippen LogP contribution in [-0.4, -0.2) is 44.2 Å². The zero-order valence-electron chi connectivity index (χ0n) is 15.4. The highest BCUT2D eigenvalue weighted by Crippen LogP contribution is 2.24. The zero-order chi connectivity index (χ0) is 17.5. The van der Waals surface area contributed by atoms with Crippen molar-refractivity contribution in [2.45, 2.75) is 32.1 Å². The summed E-state index contributed by atoms with van der Waals surface area (Å²) in [5.74, 6) is 1.35. The van der Waals surface area contributed by atoms with E-state index in [1.54, 1.807) is 22.7 Å². The van der Waals surface area contributed by atoms with E-state index in [4.69, 9.17) is 4.98 Å². The summed E-state index contributed by atoms with van der Waals surface area (Å²) in [6.07, 6.45) is 3.51. The molecule has 144 valence electrons.